The molecule has 2 rings (SSSR count). The summed E-state index contributed by atoms with van der Waals surface area (Å²) in [6.45, 7) is 6.99. The maximum absolute atomic E-state index is 12.4. The van der Waals surface area contributed by atoms with Gasteiger partial charge in [-0.2, -0.15) is 0 Å². The highest BCUT2D eigenvalue weighted by atomic mass is 16.5. The van der Waals surface area contributed by atoms with Crippen LogP contribution < -0.4 is 14.2 Å². The number of carbonyl (C=O) groups is 1. The van der Waals surface area contributed by atoms with E-state index in [0.717, 1.165) is 28.4 Å². The summed E-state index contributed by atoms with van der Waals surface area (Å²) in [7, 11) is 1.60. The lowest BCUT2D eigenvalue weighted by Crippen LogP contribution is -1.99. The molecule has 0 bridgehead atoms. The number of carbonyl (C=O) groups excluding carboxylic acids is 1. The Morgan fingerprint density at radius 3 is 2.28 bits per heavy atom. The highest BCUT2D eigenvalue weighted by Gasteiger charge is 2.08. The Bertz CT molecular complexity index is 745. The molecule has 4 nitrogen and oxygen atoms in total. The van der Waals surface area contributed by atoms with Crippen molar-refractivity contribution in [2.75, 3.05) is 20.3 Å². The molecule has 4 heteroatoms. The molecule has 2 aromatic rings. The Morgan fingerprint density at radius 2 is 1.68 bits per heavy atom. The summed E-state index contributed by atoms with van der Waals surface area (Å²) in [5.74, 6) is 2.15. The molecule has 0 unspecified atom stereocenters. The number of allylic oxidation sites excluding steroid dienone is 1. The van der Waals surface area contributed by atoms with Crippen molar-refractivity contribution in [3.05, 3.63) is 59.2 Å². The van der Waals surface area contributed by atoms with Crippen molar-refractivity contribution in [2.24, 2.45) is 0 Å². The molecule has 0 atom stereocenters. The molecule has 0 fully saturated rings. The quantitative estimate of drug-likeness (QED) is 0.516. The van der Waals surface area contributed by atoms with Crippen LogP contribution >= 0.6 is 0 Å². The first-order valence-corrected chi connectivity index (χ1v) is 8.35. The summed E-state index contributed by atoms with van der Waals surface area (Å²) >= 11 is 0. The number of ketones is 1. The zero-order valence-corrected chi connectivity index (χ0v) is 15.2. The molecule has 0 aliphatic carbocycles. The van der Waals surface area contributed by atoms with E-state index in [2.05, 4.69) is 0 Å². The topological polar surface area (TPSA) is 44.8 Å². The van der Waals surface area contributed by atoms with Gasteiger partial charge in [-0.15, -0.1) is 0 Å². The molecule has 0 saturated heterocycles. The van der Waals surface area contributed by atoms with Crippen molar-refractivity contribution in [1.82, 2.24) is 0 Å². The third-order valence-corrected chi connectivity index (χ3v) is 3.77. The second kappa shape index (κ2) is 8.92. The van der Waals surface area contributed by atoms with Gasteiger partial charge in [0.2, 0.25) is 0 Å². The molecule has 25 heavy (non-hydrogen) atoms. The number of benzene rings is 2. The van der Waals surface area contributed by atoms with Gasteiger partial charge in [-0.05, 0) is 68.3 Å². The molecule has 0 N–H and O–H groups in total. The lowest BCUT2D eigenvalue weighted by Gasteiger charge is -2.13. The fraction of sp³-hybridized carbons (Fsp3) is 0.286. The lowest BCUT2D eigenvalue weighted by atomic mass is 10.0. The van der Waals surface area contributed by atoms with E-state index in [1.54, 1.807) is 43.5 Å². The first-order chi connectivity index (χ1) is 12.1. The van der Waals surface area contributed by atoms with E-state index in [9.17, 15) is 4.79 Å². The number of ether oxygens (including phenoxy) is 3. The van der Waals surface area contributed by atoms with Crippen LogP contribution in [0.1, 0.15) is 35.3 Å². The first kappa shape index (κ1) is 18.6. The van der Waals surface area contributed by atoms with Crippen molar-refractivity contribution in [2.45, 2.75) is 20.8 Å². The Hall–Kier alpha value is -2.75. The lowest BCUT2D eigenvalue weighted by molar-refractivity contribution is 0.104. The van der Waals surface area contributed by atoms with Crippen molar-refractivity contribution in [1.29, 1.82) is 0 Å². The summed E-state index contributed by atoms with van der Waals surface area (Å²) in [5.41, 5.74) is 2.49. The summed E-state index contributed by atoms with van der Waals surface area (Å²) in [5, 5.41) is 0. The fourth-order valence-electron chi connectivity index (χ4n) is 2.43. The predicted molar refractivity (Wildman–Crippen MR) is 99.9 cm³/mol. The van der Waals surface area contributed by atoms with Gasteiger partial charge >= 0.3 is 0 Å². The Labute approximate surface area is 149 Å². The van der Waals surface area contributed by atoms with Crippen molar-refractivity contribution in [3.63, 3.8) is 0 Å². The predicted octanol–water partition coefficient (Wildman–Crippen LogP) is 4.70. The van der Waals surface area contributed by atoms with E-state index < -0.39 is 0 Å². The molecule has 0 heterocycles. The van der Waals surface area contributed by atoms with Gasteiger partial charge in [-0.3, -0.25) is 4.79 Å². The highest BCUT2D eigenvalue weighted by molar-refractivity contribution is 6.07. The van der Waals surface area contributed by atoms with Crippen molar-refractivity contribution in [3.8, 4) is 17.2 Å². The van der Waals surface area contributed by atoms with Crippen molar-refractivity contribution >= 4 is 11.9 Å². The first-order valence-electron chi connectivity index (χ1n) is 8.35. The smallest absolute Gasteiger partial charge is 0.185 e. The number of hydrogen-bond acceptors (Lipinski definition) is 4. The monoisotopic (exact) mass is 340 g/mol. The Balaban J connectivity index is 2.27. The van der Waals surface area contributed by atoms with Crippen LogP contribution in [0.25, 0.3) is 6.08 Å². The van der Waals surface area contributed by atoms with Gasteiger partial charge in [0.15, 0.2) is 5.78 Å². The number of rotatable bonds is 8. The van der Waals surface area contributed by atoms with Gasteiger partial charge in [0, 0.05) is 11.6 Å². The molecule has 0 spiro atoms. The van der Waals surface area contributed by atoms with Gasteiger partial charge in [-0.25, -0.2) is 0 Å². The van der Waals surface area contributed by atoms with Crippen LogP contribution in [0.3, 0.4) is 0 Å². The maximum atomic E-state index is 12.4. The van der Waals surface area contributed by atoms with E-state index in [1.807, 2.05) is 32.9 Å². The van der Waals surface area contributed by atoms with E-state index in [-0.39, 0.29) is 5.78 Å². The van der Waals surface area contributed by atoms with Crippen LogP contribution in [0.4, 0.5) is 0 Å². The SMILES string of the molecule is CCOc1cc(/C=C/C(=O)c2ccc(OC)cc2)c(C)c(OCC)c1. The van der Waals surface area contributed by atoms with Gasteiger partial charge in [0.25, 0.3) is 0 Å². The minimum absolute atomic E-state index is 0.0678. The minimum atomic E-state index is -0.0678. The average Bonchev–Trinajstić information content (AvgIpc) is 2.63. The van der Waals surface area contributed by atoms with Crippen LogP contribution in [-0.2, 0) is 0 Å². The second-order valence-electron chi connectivity index (χ2n) is 5.43. The molecular formula is C21H24O4. The summed E-state index contributed by atoms with van der Waals surface area (Å²) in [4.78, 5) is 12.4. The molecule has 132 valence electrons. The van der Waals surface area contributed by atoms with Crippen LogP contribution in [0, 0.1) is 6.92 Å². The standard InChI is InChI=1S/C21H24O4/c1-5-24-19-13-17(15(3)21(14-19)25-6-2)9-12-20(22)16-7-10-18(23-4)11-8-16/h7-14H,5-6H2,1-4H3/b12-9+. The highest BCUT2D eigenvalue weighted by Crippen LogP contribution is 2.29. The zero-order valence-electron chi connectivity index (χ0n) is 15.2. The fourth-order valence-corrected chi connectivity index (χ4v) is 2.43. The van der Waals surface area contributed by atoms with E-state index in [4.69, 9.17) is 14.2 Å². The summed E-state index contributed by atoms with van der Waals surface area (Å²) in [6, 6.07) is 10.8. The average molecular weight is 340 g/mol. The third kappa shape index (κ3) is 4.86. The molecular weight excluding hydrogens is 316 g/mol. The maximum Gasteiger partial charge on any atom is 0.185 e. The largest absolute Gasteiger partial charge is 0.497 e. The van der Waals surface area contributed by atoms with E-state index in [1.165, 1.54) is 0 Å². The Morgan fingerprint density at radius 1 is 1.00 bits per heavy atom. The molecule has 2 aromatic carbocycles. The van der Waals surface area contributed by atoms with Crippen LogP contribution in [0.15, 0.2) is 42.5 Å². The molecule has 0 radical (unpaired) electrons. The van der Waals surface area contributed by atoms with Crippen molar-refractivity contribution < 1.29 is 19.0 Å². The minimum Gasteiger partial charge on any atom is -0.497 e. The molecule has 0 amide bonds. The molecule has 0 aromatic heterocycles. The summed E-state index contributed by atoms with van der Waals surface area (Å²) < 4.78 is 16.4. The zero-order chi connectivity index (χ0) is 18.2. The molecule has 0 aliphatic heterocycles. The molecule has 0 saturated carbocycles. The van der Waals surface area contributed by atoms with Gasteiger partial charge in [-0.1, -0.05) is 6.08 Å². The molecule has 0 aliphatic rings. The van der Waals surface area contributed by atoms with Crippen LogP contribution in [-0.4, -0.2) is 26.1 Å². The third-order valence-electron chi connectivity index (χ3n) is 3.77. The van der Waals surface area contributed by atoms with Gasteiger partial charge < -0.3 is 14.2 Å². The Kier molecular flexibility index (Phi) is 6.63. The number of methoxy groups -OCH3 is 1. The van der Waals surface area contributed by atoms with Crippen LogP contribution in [0.2, 0.25) is 0 Å². The normalized spacial score (nSPS) is 10.7. The second-order valence-corrected chi connectivity index (χ2v) is 5.43. The number of hydrogen-bond donors (Lipinski definition) is 0. The van der Waals surface area contributed by atoms with Gasteiger partial charge in [0.05, 0.1) is 20.3 Å². The van der Waals surface area contributed by atoms with Gasteiger partial charge in [0.1, 0.15) is 17.2 Å². The summed E-state index contributed by atoms with van der Waals surface area (Å²) in [6.07, 6.45) is 3.36. The van der Waals surface area contributed by atoms with Crippen LogP contribution in [0.5, 0.6) is 17.2 Å². The van der Waals surface area contributed by atoms with E-state index >= 15 is 0 Å². The van der Waals surface area contributed by atoms with E-state index in [0.29, 0.717) is 18.8 Å².